The summed E-state index contributed by atoms with van der Waals surface area (Å²) in [5.74, 6) is -0.701. The second-order valence-electron chi connectivity index (χ2n) is 7.63. The van der Waals surface area contributed by atoms with Crippen molar-refractivity contribution in [1.29, 1.82) is 5.26 Å². The van der Waals surface area contributed by atoms with Gasteiger partial charge < -0.3 is 5.32 Å². The highest BCUT2D eigenvalue weighted by Gasteiger charge is 2.18. The molecule has 0 aliphatic heterocycles. The van der Waals surface area contributed by atoms with E-state index in [1.165, 1.54) is 39.7 Å². The summed E-state index contributed by atoms with van der Waals surface area (Å²) in [5.41, 5.74) is 1.48. The molecule has 10 heteroatoms. The molecule has 3 aromatic carbocycles. The van der Waals surface area contributed by atoms with Gasteiger partial charge in [0.2, 0.25) is 5.91 Å². The second-order valence-corrected chi connectivity index (χ2v) is 8.57. The summed E-state index contributed by atoms with van der Waals surface area (Å²) in [6.45, 7) is 0. The molecule has 0 saturated heterocycles. The average Bonchev–Trinajstić information content (AvgIpc) is 3.31. The second kappa shape index (κ2) is 9.85. The zero-order valence-corrected chi connectivity index (χ0v) is 19.4. The first kappa shape index (κ1) is 23.0. The topological polar surface area (TPSA) is 106 Å². The molecule has 0 fully saturated rings. The summed E-state index contributed by atoms with van der Waals surface area (Å²) >= 11 is 1.05. The zero-order chi connectivity index (χ0) is 25.1. The third kappa shape index (κ3) is 4.47. The molecule has 0 radical (unpaired) electrons. The smallest absolute Gasteiger partial charge is 0.266 e. The lowest BCUT2D eigenvalue weighted by Gasteiger charge is -2.13. The molecule has 0 bridgehead atoms. The highest BCUT2D eigenvalue weighted by Crippen LogP contribution is 2.23. The molecule has 0 spiro atoms. The van der Waals surface area contributed by atoms with E-state index >= 15 is 0 Å². The summed E-state index contributed by atoms with van der Waals surface area (Å²) in [4.78, 5) is 30.8. The summed E-state index contributed by atoms with van der Waals surface area (Å²) in [5, 5.41) is 17.1. The van der Waals surface area contributed by atoms with Crippen molar-refractivity contribution >= 4 is 34.4 Å². The molecule has 1 amide bonds. The van der Waals surface area contributed by atoms with Crippen molar-refractivity contribution < 1.29 is 9.18 Å². The van der Waals surface area contributed by atoms with E-state index in [0.717, 1.165) is 11.8 Å². The molecule has 5 rings (SSSR count). The standard InChI is InChI=1S/C26H17FN6O2S/c27-18-10-12-19(13-11-18)32-25(35)21-8-4-5-9-22(21)30-26(32)36-16-23(34)31-24-17(14-28)15-29-33(24)20-6-2-1-3-7-20/h1-13,15H,16H2,(H,31,34). The average molecular weight is 497 g/mol. The number of amides is 1. The van der Waals surface area contributed by atoms with Crippen LogP contribution >= 0.6 is 11.8 Å². The van der Waals surface area contributed by atoms with Crippen LogP contribution in [-0.2, 0) is 4.79 Å². The van der Waals surface area contributed by atoms with Crippen LogP contribution in [0.25, 0.3) is 22.3 Å². The maximum absolute atomic E-state index is 13.5. The number of nitrogens with one attached hydrogen (secondary N) is 1. The maximum Gasteiger partial charge on any atom is 0.266 e. The van der Waals surface area contributed by atoms with Gasteiger partial charge in [-0.3, -0.25) is 14.2 Å². The van der Waals surface area contributed by atoms with Gasteiger partial charge in [0.15, 0.2) is 11.0 Å². The number of para-hydroxylation sites is 2. The molecule has 1 N–H and O–H groups in total. The molecule has 2 aromatic heterocycles. The number of hydrogen-bond acceptors (Lipinski definition) is 6. The van der Waals surface area contributed by atoms with Crippen molar-refractivity contribution in [2.45, 2.75) is 5.16 Å². The van der Waals surface area contributed by atoms with Crippen molar-refractivity contribution in [2.24, 2.45) is 0 Å². The lowest BCUT2D eigenvalue weighted by Crippen LogP contribution is -2.23. The van der Waals surface area contributed by atoms with E-state index in [1.54, 1.807) is 36.4 Å². The predicted octanol–water partition coefficient (Wildman–Crippen LogP) is 4.31. The number of aromatic nitrogens is 4. The van der Waals surface area contributed by atoms with Crippen LogP contribution in [0.2, 0.25) is 0 Å². The Hall–Kier alpha value is -4.75. The van der Waals surface area contributed by atoms with E-state index in [-0.39, 0.29) is 27.8 Å². The van der Waals surface area contributed by atoms with Gasteiger partial charge in [0.05, 0.1) is 34.2 Å². The maximum atomic E-state index is 13.5. The molecule has 5 aromatic rings. The Bertz CT molecular complexity index is 1670. The molecule has 176 valence electrons. The van der Waals surface area contributed by atoms with Crippen LogP contribution in [0, 0.1) is 17.1 Å². The van der Waals surface area contributed by atoms with Crippen LogP contribution in [0.5, 0.6) is 0 Å². The van der Waals surface area contributed by atoms with E-state index in [9.17, 15) is 19.2 Å². The summed E-state index contributed by atoms with van der Waals surface area (Å²) < 4.78 is 16.3. The first-order valence-electron chi connectivity index (χ1n) is 10.8. The van der Waals surface area contributed by atoms with E-state index in [0.29, 0.717) is 22.3 Å². The Morgan fingerprint density at radius 3 is 2.47 bits per heavy atom. The third-order valence-electron chi connectivity index (χ3n) is 5.31. The number of nitrogens with zero attached hydrogens (tertiary/aromatic N) is 5. The van der Waals surface area contributed by atoms with E-state index in [1.807, 2.05) is 24.3 Å². The Balaban J connectivity index is 1.46. The van der Waals surface area contributed by atoms with Gasteiger partial charge in [0.25, 0.3) is 5.56 Å². The first-order valence-corrected chi connectivity index (χ1v) is 11.8. The van der Waals surface area contributed by atoms with Crippen molar-refractivity contribution in [3.05, 3.63) is 107 Å². The molecule has 0 aliphatic carbocycles. The van der Waals surface area contributed by atoms with Crippen molar-refractivity contribution in [3.63, 3.8) is 0 Å². The van der Waals surface area contributed by atoms with Gasteiger partial charge >= 0.3 is 0 Å². The normalized spacial score (nSPS) is 10.8. The van der Waals surface area contributed by atoms with E-state index < -0.39 is 11.7 Å². The molecule has 2 heterocycles. The van der Waals surface area contributed by atoms with Gasteiger partial charge in [0.1, 0.15) is 17.4 Å². The molecule has 0 aliphatic rings. The monoisotopic (exact) mass is 496 g/mol. The Morgan fingerprint density at radius 2 is 1.72 bits per heavy atom. The lowest BCUT2D eigenvalue weighted by atomic mass is 10.2. The highest BCUT2D eigenvalue weighted by molar-refractivity contribution is 7.99. The zero-order valence-electron chi connectivity index (χ0n) is 18.6. The van der Waals surface area contributed by atoms with Gasteiger partial charge in [-0.15, -0.1) is 0 Å². The van der Waals surface area contributed by atoms with Crippen molar-refractivity contribution in [1.82, 2.24) is 19.3 Å². The minimum Gasteiger partial charge on any atom is -0.309 e. The number of fused-ring (bicyclic) bond motifs is 1. The van der Waals surface area contributed by atoms with Gasteiger partial charge in [-0.05, 0) is 48.5 Å². The minimum absolute atomic E-state index is 0.100. The Labute approximate surface area is 208 Å². The van der Waals surface area contributed by atoms with Crippen LogP contribution in [0.15, 0.2) is 95.0 Å². The fraction of sp³-hybridized carbons (Fsp3) is 0.0385. The van der Waals surface area contributed by atoms with Crippen molar-refractivity contribution in [2.75, 3.05) is 11.1 Å². The molecule has 0 unspecified atom stereocenters. The van der Waals surface area contributed by atoms with E-state index in [2.05, 4.69) is 15.4 Å². The largest absolute Gasteiger partial charge is 0.309 e. The molecule has 36 heavy (non-hydrogen) atoms. The quantitative estimate of drug-likeness (QED) is 0.277. The number of hydrogen-bond donors (Lipinski definition) is 1. The third-order valence-corrected chi connectivity index (χ3v) is 6.25. The van der Waals surface area contributed by atoms with Gasteiger partial charge in [-0.25, -0.2) is 14.1 Å². The number of carbonyl (C=O) groups is 1. The summed E-state index contributed by atoms with van der Waals surface area (Å²) in [6.07, 6.45) is 1.38. The number of thioether (sulfide) groups is 1. The van der Waals surface area contributed by atoms with Crippen LogP contribution in [0.4, 0.5) is 10.2 Å². The lowest BCUT2D eigenvalue weighted by molar-refractivity contribution is -0.113. The number of rotatable bonds is 6. The Kier molecular flexibility index (Phi) is 6.30. The number of halogens is 1. The van der Waals surface area contributed by atoms with Crippen LogP contribution in [0.3, 0.4) is 0 Å². The summed E-state index contributed by atoms with van der Waals surface area (Å²) in [7, 11) is 0. The SMILES string of the molecule is N#Cc1cnn(-c2ccccc2)c1NC(=O)CSc1nc2ccccc2c(=O)n1-c1ccc(F)cc1. The number of nitriles is 1. The van der Waals surface area contributed by atoms with Gasteiger partial charge in [0, 0.05) is 0 Å². The number of benzene rings is 3. The summed E-state index contributed by atoms with van der Waals surface area (Å²) in [6, 6.07) is 23.5. The molecule has 0 saturated carbocycles. The fourth-order valence-electron chi connectivity index (χ4n) is 3.64. The number of anilines is 1. The molecular formula is C26H17FN6O2S. The molecule has 0 atom stereocenters. The van der Waals surface area contributed by atoms with Crippen molar-refractivity contribution in [3.8, 4) is 17.4 Å². The minimum atomic E-state index is -0.433. The van der Waals surface area contributed by atoms with Gasteiger partial charge in [-0.1, -0.05) is 42.1 Å². The van der Waals surface area contributed by atoms with E-state index in [4.69, 9.17) is 0 Å². The predicted molar refractivity (Wildman–Crippen MR) is 135 cm³/mol. The molecule has 8 nitrogen and oxygen atoms in total. The molecular weight excluding hydrogens is 479 g/mol. The van der Waals surface area contributed by atoms with Crippen LogP contribution in [0.1, 0.15) is 5.56 Å². The first-order chi connectivity index (χ1) is 17.5. The fourth-order valence-corrected chi connectivity index (χ4v) is 4.45. The van der Waals surface area contributed by atoms with Crippen LogP contribution in [-0.4, -0.2) is 31.0 Å². The van der Waals surface area contributed by atoms with Crippen LogP contribution < -0.4 is 10.9 Å². The number of carbonyl (C=O) groups excluding carboxylic acids is 1. The highest BCUT2D eigenvalue weighted by atomic mass is 32.2. The van der Waals surface area contributed by atoms with Gasteiger partial charge in [-0.2, -0.15) is 10.4 Å². The Morgan fingerprint density at radius 1 is 1.00 bits per heavy atom.